The summed E-state index contributed by atoms with van der Waals surface area (Å²) in [5.74, 6) is 0.543. The maximum atomic E-state index is 13.7. The molecule has 2 heterocycles. The van der Waals surface area contributed by atoms with Gasteiger partial charge in [-0.15, -0.1) is 0 Å². The molecule has 36 heavy (non-hydrogen) atoms. The zero-order chi connectivity index (χ0) is 24.7. The number of rotatable bonds is 6. The van der Waals surface area contributed by atoms with E-state index in [2.05, 4.69) is 55.8 Å². The minimum absolute atomic E-state index is 0.134. The van der Waals surface area contributed by atoms with E-state index in [4.69, 9.17) is 5.26 Å². The van der Waals surface area contributed by atoms with Gasteiger partial charge in [-0.05, 0) is 42.5 Å². The number of hydrogen-bond acceptors (Lipinski definition) is 4. The first-order valence-corrected chi connectivity index (χ1v) is 13.3. The lowest BCUT2D eigenvalue weighted by Gasteiger charge is -2.34. The van der Waals surface area contributed by atoms with Crippen LogP contribution in [0.15, 0.2) is 67.1 Å². The summed E-state index contributed by atoms with van der Waals surface area (Å²) in [6, 6.07) is 20.6. The first kappa shape index (κ1) is 24.3. The van der Waals surface area contributed by atoms with Crippen LogP contribution in [0.3, 0.4) is 0 Å². The standard InChI is InChI=1S/C30H35N5O/c31-19-24-11-13-25(14-12-24)21-34-23-32-20-28(34)22-33-16-15-29(26-7-3-1-4-8-26)35(18-17-33)30(36)27-9-5-2-6-10-27/h1,3-4,7-8,11-14,20,23,27,29H,2,5-6,9-10,15-18,21-22H2. The number of aromatic nitrogens is 2. The lowest BCUT2D eigenvalue weighted by Crippen LogP contribution is -2.41. The summed E-state index contributed by atoms with van der Waals surface area (Å²) in [5, 5.41) is 9.06. The molecule has 6 nitrogen and oxygen atoms in total. The minimum Gasteiger partial charge on any atom is -0.334 e. The molecular weight excluding hydrogens is 446 g/mol. The van der Waals surface area contributed by atoms with Gasteiger partial charge in [0.25, 0.3) is 0 Å². The molecule has 5 rings (SSSR count). The summed E-state index contributed by atoms with van der Waals surface area (Å²) in [7, 11) is 0. The van der Waals surface area contributed by atoms with E-state index in [9.17, 15) is 4.79 Å². The Kier molecular flexibility index (Phi) is 7.78. The fraction of sp³-hybridized carbons (Fsp3) is 0.433. The lowest BCUT2D eigenvalue weighted by molar-refractivity contribution is -0.139. The fourth-order valence-corrected chi connectivity index (χ4v) is 5.74. The molecule has 2 fully saturated rings. The van der Waals surface area contributed by atoms with Gasteiger partial charge in [0.15, 0.2) is 0 Å². The molecule has 1 aromatic heterocycles. The van der Waals surface area contributed by atoms with Crippen molar-refractivity contribution in [2.45, 2.75) is 57.7 Å². The zero-order valence-corrected chi connectivity index (χ0v) is 20.9. The minimum atomic E-state index is 0.134. The van der Waals surface area contributed by atoms with Gasteiger partial charge in [0, 0.05) is 44.8 Å². The molecule has 1 saturated carbocycles. The van der Waals surface area contributed by atoms with Crippen LogP contribution in [0.5, 0.6) is 0 Å². The van der Waals surface area contributed by atoms with E-state index in [1.54, 1.807) is 0 Å². The van der Waals surface area contributed by atoms with Gasteiger partial charge >= 0.3 is 0 Å². The lowest BCUT2D eigenvalue weighted by atomic mass is 9.87. The molecule has 2 aromatic carbocycles. The topological polar surface area (TPSA) is 65.2 Å². The van der Waals surface area contributed by atoms with Crippen LogP contribution in [0.1, 0.15) is 67.0 Å². The van der Waals surface area contributed by atoms with Gasteiger partial charge in [0.2, 0.25) is 5.91 Å². The molecule has 0 spiro atoms. The van der Waals surface area contributed by atoms with E-state index in [-0.39, 0.29) is 12.0 Å². The number of amides is 1. The molecule has 1 aliphatic heterocycles. The highest BCUT2D eigenvalue weighted by atomic mass is 16.2. The molecule has 186 valence electrons. The monoisotopic (exact) mass is 481 g/mol. The van der Waals surface area contributed by atoms with Crippen LogP contribution in [0, 0.1) is 17.2 Å². The SMILES string of the molecule is N#Cc1ccc(Cn2cncc2CN2CCC(c3ccccc3)N(C(=O)C3CCCCC3)CC2)cc1. The molecule has 1 unspecified atom stereocenters. The molecule has 2 aliphatic rings. The molecule has 0 N–H and O–H groups in total. The molecule has 6 heteroatoms. The van der Waals surface area contributed by atoms with E-state index in [0.717, 1.165) is 57.5 Å². The van der Waals surface area contributed by atoms with Crippen molar-refractivity contribution in [2.24, 2.45) is 5.92 Å². The van der Waals surface area contributed by atoms with Gasteiger partial charge in [0.1, 0.15) is 0 Å². The molecular formula is C30H35N5O. The summed E-state index contributed by atoms with van der Waals surface area (Å²) in [5.41, 5.74) is 4.24. The van der Waals surface area contributed by atoms with Crippen molar-refractivity contribution < 1.29 is 4.79 Å². The smallest absolute Gasteiger partial charge is 0.226 e. The van der Waals surface area contributed by atoms with Crippen molar-refractivity contribution in [2.75, 3.05) is 19.6 Å². The molecule has 1 atom stereocenters. The highest BCUT2D eigenvalue weighted by molar-refractivity contribution is 5.79. The number of hydrogen-bond donors (Lipinski definition) is 0. The maximum Gasteiger partial charge on any atom is 0.226 e. The van der Waals surface area contributed by atoms with Crippen LogP contribution in [-0.2, 0) is 17.9 Å². The molecule has 0 bridgehead atoms. The van der Waals surface area contributed by atoms with Gasteiger partial charge < -0.3 is 9.47 Å². The number of benzene rings is 2. The number of carbonyl (C=O) groups excluding carboxylic acids is 1. The van der Waals surface area contributed by atoms with Crippen molar-refractivity contribution >= 4 is 5.91 Å². The van der Waals surface area contributed by atoms with E-state index in [0.29, 0.717) is 11.5 Å². The predicted molar refractivity (Wildman–Crippen MR) is 140 cm³/mol. The second-order valence-electron chi connectivity index (χ2n) is 10.2. The molecule has 1 saturated heterocycles. The van der Waals surface area contributed by atoms with Crippen molar-refractivity contribution in [3.63, 3.8) is 0 Å². The normalized spacial score (nSPS) is 19.5. The Morgan fingerprint density at radius 2 is 1.69 bits per heavy atom. The van der Waals surface area contributed by atoms with Crippen LogP contribution in [0.2, 0.25) is 0 Å². The van der Waals surface area contributed by atoms with Gasteiger partial charge in [-0.25, -0.2) is 4.98 Å². The third kappa shape index (κ3) is 5.68. The van der Waals surface area contributed by atoms with Crippen LogP contribution < -0.4 is 0 Å². The molecule has 3 aromatic rings. The van der Waals surface area contributed by atoms with Gasteiger partial charge in [-0.3, -0.25) is 9.69 Å². The quantitative estimate of drug-likeness (QED) is 0.488. The van der Waals surface area contributed by atoms with Crippen LogP contribution in [0.25, 0.3) is 0 Å². The van der Waals surface area contributed by atoms with Gasteiger partial charge in [0.05, 0.1) is 29.7 Å². The second-order valence-corrected chi connectivity index (χ2v) is 10.2. The third-order valence-corrected chi connectivity index (χ3v) is 7.79. The van der Waals surface area contributed by atoms with Gasteiger partial charge in [-0.2, -0.15) is 5.26 Å². The predicted octanol–water partition coefficient (Wildman–Crippen LogP) is 5.16. The highest BCUT2D eigenvalue weighted by Crippen LogP contribution is 2.32. The van der Waals surface area contributed by atoms with Crippen molar-refractivity contribution in [1.82, 2.24) is 19.4 Å². The Labute approximate surface area is 214 Å². The summed E-state index contributed by atoms with van der Waals surface area (Å²) in [6.07, 6.45) is 10.5. The Balaban J connectivity index is 1.30. The number of imidazole rings is 1. The van der Waals surface area contributed by atoms with E-state index < -0.39 is 0 Å². The first-order valence-electron chi connectivity index (χ1n) is 13.3. The Bertz CT molecular complexity index is 1170. The number of nitrogens with zero attached hydrogens (tertiary/aromatic N) is 5. The van der Waals surface area contributed by atoms with Crippen LogP contribution in [-0.4, -0.2) is 44.9 Å². The third-order valence-electron chi connectivity index (χ3n) is 7.79. The van der Waals surface area contributed by atoms with Crippen LogP contribution in [0.4, 0.5) is 0 Å². The molecule has 0 radical (unpaired) electrons. The number of carbonyl (C=O) groups is 1. The molecule has 1 amide bonds. The average Bonchev–Trinajstić information content (AvgIpc) is 3.25. The van der Waals surface area contributed by atoms with Crippen molar-refractivity contribution in [1.29, 1.82) is 5.26 Å². The van der Waals surface area contributed by atoms with Crippen LogP contribution >= 0.6 is 0 Å². The number of nitriles is 1. The first-order chi connectivity index (χ1) is 17.7. The van der Waals surface area contributed by atoms with E-state index in [1.165, 1.54) is 30.5 Å². The fourth-order valence-electron chi connectivity index (χ4n) is 5.74. The summed E-state index contributed by atoms with van der Waals surface area (Å²) in [4.78, 5) is 22.8. The van der Waals surface area contributed by atoms with E-state index in [1.807, 2.05) is 36.8 Å². The average molecular weight is 482 g/mol. The Morgan fingerprint density at radius 3 is 2.44 bits per heavy atom. The summed E-state index contributed by atoms with van der Waals surface area (Å²) >= 11 is 0. The largest absolute Gasteiger partial charge is 0.334 e. The second kappa shape index (κ2) is 11.5. The van der Waals surface area contributed by atoms with Crippen molar-refractivity contribution in [3.8, 4) is 6.07 Å². The van der Waals surface area contributed by atoms with Crippen molar-refractivity contribution in [3.05, 3.63) is 89.5 Å². The zero-order valence-electron chi connectivity index (χ0n) is 20.9. The summed E-state index contributed by atoms with van der Waals surface area (Å²) < 4.78 is 2.19. The van der Waals surface area contributed by atoms with Gasteiger partial charge in [-0.1, -0.05) is 61.7 Å². The van der Waals surface area contributed by atoms with E-state index >= 15 is 0 Å². The maximum absolute atomic E-state index is 13.7. The molecule has 1 aliphatic carbocycles. The Morgan fingerprint density at radius 1 is 0.917 bits per heavy atom. The summed E-state index contributed by atoms with van der Waals surface area (Å²) in [6.45, 7) is 4.11. The highest BCUT2D eigenvalue weighted by Gasteiger charge is 2.33. The Hall–Kier alpha value is -3.43.